The van der Waals surface area contributed by atoms with Crippen LogP contribution in [0.5, 0.6) is 5.75 Å². The van der Waals surface area contributed by atoms with Crippen molar-refractivity contribution < 1.29 is 9.53 Å². The van der Waals surface area contributed by atoms with Crippen molar-refractivity contribution in [2.24, 2.45) is 7.05 Å². The molecule has 7 nitrogen and oxygen atoms in total. The maximum atomic E-state index is 13.2. The number of rotatable bonds is 4. The molecule has 1 N–H and O–H groups in total. The maximum absolute atomic E-state index is 13.2. The van der Waals surface area contributed by atoms with Gasteiger partial charge in [-0.2, -0.15) is 0 Å². The first-order chi connectivity index (χ1) is 13.1. The SMILES string of the molecule is Cn1ccc(=O)c(OCc2ccccc2)c1C(=O)N1CCc2nc[nH]c2C1. The van der Waals surface area contributed by atoms with E-state index in [0.717, 1.165) is 17.0 Å². The van der Waals surface area contributed by atoms with Gasteiger partial charge in [0.2, 0.25) is 5.43 Å². The van der Waals surface area contributed by atoms with Gasteiger partial charge >= 0.3 is 0 Å². The van der Waals surface area contributed by atoms with E-state index in [9.17, 15) is 9.59 Å². The second kappa shape index (κ2) is 7.11. The number of hydrogen-bond acceptors (Lipinski definition) is 4. The quantitative estimate of drug-likeness (QED) is 0.767. The minimum absolute atomic E-state index is 0.0873. The van der Waals surface area contributed by atoms with Gasteiger partial charge in [0.1, 0.15) is 6.61 Å². The van der Waals surface area contributed by atoms with E-state index in [1.54, 1.807) is 29.0 Å². The Bertz CT molecular complexity index is 1020. The standard InChI is InChI=1S/C20H20N4O3/c1-23-9-8-17(25)19(27-12-14-5-3-2-4-6-14)18(23)20(26)24-10-7-15-16(11-24)22-13-21-15/h2-6,8-9,13H,7,10-12H2,1H3,(H,21,22). The molecule has 0 spiro atoms. The van der Waals surface area contributed by atoms with Crippen molar-refractivity contribution in [1.82, 2.24) is 19.4 Å². The summed E-state index contributed by atoms with van der Waals surface area (Å²) in [5.41, 5.74) is 2.82. The van der Waals surface area contributed by atoms with Gasteiger partial charge in [-0.05, 0) is 5.56 Å². The van der Waals surface area contributed by atoms with Crippen molar-refractivity contribution in [3.8, 4) is 5.75 Å². The summed E-state index contributed by atoms with van der Waals surface area (Å²) >= 11 is 0. The number of nitrogens with zero attached hydrogens (tertiary/aromatic N) is 3. The average molecular weight is 364 g/mol. The molecule has 2 aromatic heterocycles. The zero-order valence-electron chi connectivity index (χ0n) is 15.0. The van der Waals surface area contributed by atoms with E-state index in [1.165, 1.54) is 6.07 Å². The van der Waals surface area contributed by atoms with Crippen LogP contribution in [0.15, 0.2) is 53.7 Å². The number of imidazole rings is 1. The average Bonchev–Trinajstić information content (AvgIpc) is 3.16. The van der Waals surface area contributed by atoms with Gasteiger partial charge in [0, 0.05) is 32.3 Å². The molecule has 0 saturated heterocycles. The zero-order valence-corrected chi connectivity index (χ0v) is 15.0. The highest BCUT2D eigenvalue weighted by Crippen LogP contribution is 2.21. The van der Waals surface area contributed by atoms with Crippen LogP contribution in [0, 0.1) is 0 Å². The molecule has 0 bridgehead atoms. The number of H-pyrrole nitrogens is 1. The van der Waals surface area contributed by atoms with E-state index < -0.39 is 0 Å². The third kappa shape index (κ3) is 3.36. The van der Waals surface area contributed by atoms with Crippen LogP contribution in [-0.4, -0.2) is 31.9 Å². The Labute approximate surface area is 156 Å². The second-order valence-corrected chi connectivity index (χ2v) is 6.55. The molecule has 0 radical (unpaired) electrons. The summed E-state index contributed by atoms with van der Waals surface area (Å²) in [6.07, 6.45) is 3.92. The Morgan fingerprint density at radius 2 is 2.07 bits per heavy atom. The first kappa shape index (κ1) is 17.1. The molecule has 3 aromatic rings. The predicted molar refractivity (Wildman–Crippen MR) is 99.5 cm³/mol. The first-order valence-corrected chi connectivity index (χ1v) is 8.80. The molecule has 0 aliphatic carbocycles. The fourth-order valence-corrected chi connectivity index (χ4v) is 3.26. The fraction of sp³-hybridized carbons (Fsp3) is 0.250. The molecule has 1 amide bonds. The van der Waals surface area contributed by atoms with Crippen LogP contribution in [0.4, 0.5) is 0 Å². The highest BCUT2D eigenvalue weighted by Gasteiger charge is 2.28. The Morgan fingerprint density at radius 3 is 2.89 bits per heavy atom. The summed E-state index contributed by atoms with van der Waals surface area (Å²) in [5, 5.41) is 0. The van der Waals surface area contributed by atoms with Crippen molar-refractivity contribution in [2.75, 3.05) is 6.54 Å². The lowest BCUT2D eigenvalue weighted by atomic mass is 10.1. The second-order valence-electron chi connectivity index (χ2n) is 6.55. The number of amides is 1. The maximum Gasteiger partial charge on any atom is 0.274 e. The van der Waals surface area contributed by atoms with Gasteiger partial charge < -0.3 is 19.2 Å². The molecule has 1 aromatic carbocycles. The third-order valence-electron chi connectivity index (χ3n) is 4.73. The third-order valence-corrected chi connectivity index (χ3v) is 4.73. The van der Waals surface area contributed by atoms with E-state index in [0.29, 0.717) is 19.5 Å². The molecular weight excluding hydrogens is 344 g/mol. The lowest BCUT2D eigenvalue weighted by Gasteiger charge is -2.27. The molecule has 1 aliphatic rings. The molecule has 27 heavy (non-hydrogen) atoms. The van der Waals surface area contributed by atoms with Gasteiger partial charge in [0.25, 0.3) is 5.91 Å². The van der Waals surface area contributed by atoms with Crippen LogP contribution in [0.3, 0.4) is 0 Å². The molecular formula is C20H20N4O3. The van der Waals surface area contributed by atoms with Crippen molar-refractivity contribution >= 4 is 5.91 Å². The Kier molecular flexibility index (Phi) is 4.50. The molecule has 1 aliphatic heterocycles. The summed E-state index contributed by atoms with van der Waals surface area (Å²) in [7, 11) is 1.74. The number of pyridine rings is 1. The molecule has 0 unspecified atom stereocenters. The molecule has 4 rings (SSSR count). The van der Waals surface area contributed by atoms with E-state index in [-0.39, 0.29) is 29.4 Å². The smallest absolute Gasteiger partial charge is 0.274 e. The number of nitrogens with one attached hydrogen (secondary N) is 1. The molecule has 7 heteroatoms. The van der Waals surface area contributed by atoms with Crippen molar-refractivity contribution in [2.45, 2.75) is 19.6 Å². The molecule has 0 fully saturated rings. The number of aryl methyl sites for hydroxylation is 1. The Hall–Kier alpha value is -3.35. The number of hydrogen-bond donors (Lipinski definition) is 1. The predicted octanol–water partition coefficient (Wildman–Crippen LogP) is 1.89. The largest absolute Gasteiger partial charge is 0.483 e. The summed E-state index contributed by atoms with van der Waals surface area (Å²) in [6.45, 7) is 1.22. The summed E-state index contributed by atoms with van der Waals surface area (Å²) in [5.74, 6) is -0.136. The number of aromatic nitrogens is 3. The van der Waals surface area contributed by atoms with Gasteiger partial charge in [0.05, 0.1) is 24.3 Å². The number of ether oxygens (including phenoxy) is 1. The summed E-state index contributed by atoms with van der Waals surface area (Å²) < 4.78 is 7.45. The van der Waals surface area contributed by atoms with Crippen LogP contribution < -0.4 is 10.2 Å². The highest BCUT2D eigenvalue weighted by molar-refractivity contribution is 5.95. The summed E-state index contributed by atoms with van der Waals surface area (Å²) in [6, 6.07) is 11.0. The van der Waals surface area contributed by atoms with Gasteiger partial charge in [0.15, 0.2) is 11.4 Å². The van der Waals surface area contributed by atoms with Crippen molar-refractivity contribution in [1.29, 1.82) is 0 Å². The van der Waals surface area contributed by atoms with Crippen LogP contribution in [0.2, 0.25) is 0 Å². The van der Waals surface area contributed by atoms with Crippen LogP contribution in [-0.2, 0) is 26.6 Å². The fourth-order valence-electron chi connectivity index (χ4n) is 3.26. The monoisotopic (exact) mass is 364 g/mol. The molecule has 0 saturated carbocycles. The summed E-state index contributed by atoms with van der Waals surface area (Å²) in [4.78, 5) is 34.7. The van der Waals surface area contributed by atoms with Crippen molar-refractivity contribution in [3.63, 3.8) is 0 Å². The normalized spacial score (nSPS) is 13.3. The minimum atomic E-state index is -0.299. The lowest BCUT2D eigenvalue weighted by molar-refractivity contribution is 0.0715. The Balaban J connectivity index is 1.63. The van der Waals surface area contributed by atoms with Gasteiger partial charge in [-0.3, -0.25) is 9.59 Å². The van der Waals surface area contributed by atoms with Gasteiger partial charge in [-0.15, -0.1) is 0 Å². The number of benzene rings is 1. The number of fused-ring (bicyclic) bond motifs is 1. The molecule has 3 heterocycles. The van der Waals surface area contributed by atoms with E-state index in [1.807, 2.05) is 30.3 Å². The lowest BCUT2D eigenvalue weighted by Crippen LogP contribution is -2.38. The zero-order chi connectivity index (χ0) is 18.8. The van der Waals surface area contributed by atoms with Crippen LogP contribution in [0.1, 0.15) is 27.4 Å². The van der Waals surface area contributed by atoms with E-state index in [2.05, 4.69) is 9.97 Å². The Morgan fingerprint density at radius 1 is 1.26 bits per heavy atom. The highest BCUT2D eigenvalue weighted by atomic mass is 16.5. The minimum Gasteiger partial charge on any atom is -0.483 e. The molecule has 138 valence electrons. The first-order valence-electron chi connectivity index (χ1n) is 8.80. The van der Waals surface area contributed by atoms with E-state index in [4.69, 9.17) is 4.74 Å². The number of aromatic amines is 1. The van der Waals surface area contributed by atoms with E-state index >= 15 is 0 Å². The number of carbonyl (C=O) groups excluding carboxylic acids is 1. The number of carbonyl (C=O) groups is 1. The van der Waals surface area contributed by atoms with Gasteiger partial charge in [-0.1, -0.05) is 30.3 Å². The molecule has 0 atom stereocenters. The van der Waals surface area contributed by atoms with Crippen molar-refractivity contribution in [3.05, 3.63) is 81.8 Å². The topological polar surface area (TPSA) is 80.2 Å². The van der Waals surface area contributed by atoms with Crippen LogP contribution in [0.25, 0.3) is 0 Å². The van der Waals surface area contributed by atoms with Crippen LogP contribution >= 0.6 is 0 Å². The van der Waals surface area contributed by atoms with Gasteiger partial charge in [-0.25, -0.2) is 4.98 Å².